The van der Waals surface area contributed by atoms with Gasteiger partial charge in [0, 0.05) is 6.42 Å². The molecule has 11 heavy (non-hydrogen) atoms. The Morgan fingerprint density at radius 2 is 2.09 bits per heavy atom. The summed E-state index contributed by atoms with van der Waals surface area (Å²) in [6.45, 7) is 0. The van der Waals surface area contributed by atoms with Crippen molar-refractivity contribution in [2.45, 2.75) is 12.5 Å². The summed E-state index contributed by atoms with van der Waals surface area (Å²) in [4.78, 5) is 10.2. The number of hydrogen-bond donors (Lipinski definition) is 2. The lowest BCUT2D eigenvalue weighted by Gasteiger charge is -2.02. The minimum absolute atomic E-state index is 0. The first-order valence-corrected chi connectivity index (χ1v) is 5.27. The summed E-state index contributed by atoms with van der Waals surface area (Å²) in [7, 11) is 0.304. The predicted molar refractivity (Wildman–Crippen MR) is 44.3 cm³/mol. The van der Waals surface area contributed by atoms with Crippen molar-refractivity contribution < 1.29 is 22.3 Å². The maximum absolute atomic E-state index is 10.2. The van der Waals surface area contributed by atoms with E-state index < -0.39 is 12.0 Å². The molecule has 0 amide bonds. The van der Waals surface area contributed by atoms with Crippen LogP contribution >= 0.6 is 0 Å². The summed E-state index contributed by atoms with van der Waals surface area (Å²) in [6, 6.07) is -0.671. The van der Waals surface area contributed by atoms with E-state index in [1.165, 1.54) is 0 Å². The first-order valence-electron chi connectivity index (χ1n) is 3.06. The largest absolute Gasteiger partial charge is 1.00 e. The van der Waals surface area contributed by atoms with Crippen molar-refractivity contribution in [3.63, 3.8) is 0 Å². The molecule has 0 aromatic carbocycles. The van der Waals surface area contributed by atoms with Crippen LogP contribution < -0.4 is 18.1 Å². The number of carboxylic acid groups (broad SMARTS) is 1. The quantitative estimate of drug-likeness (QED) is 0.372. The summed E-state index contributed by atoms with van der Waals surface area (Å²) in [5.74, 6) is 0.0125. The minimum atomic E-state index is -0.898. The molecule has 0 aliphatic heterocycles. The maximum Gasteiger partial charge on any atom is 0.320 e. The second-order valence-corrected chi connectivity index (χ2v) is 4.80. The second-order valence-electron chi connectivity index (χ2n) is 2.42. The van der Waals surface area contributed by atoms with Gasteiger partial charge in [0.2, 0.25) is 0 Å². The molecule has 0 aliphatic rings. The van der Waals surface area contributed by atoms with Crippen LogP contribution in [-0.2, 0) is 15.7 Å². The molecule has 0 rings (SSSR count). The van der Waals surface area contributed by atoms with Crippen LogP contribution in [0.2, 0.25) is 0 Å². The number of nitrogens with two attached hydrogens (primary N) is 1. The third-order valence-corrected chi connectivity index (χ3v) is 2.21. The third-order valence-electron chi connectivity index (χ3n) is 1.15. The van der Waals surface area contributed by atoms with E-state index in [-0.39, 0.29) is 12.4 Å². The van der Waals surface area contributed by atoms with Crippen LogP contribution in [0.4, 0.5) is 0 Å². The Bertz CT molecular complexity index is 121. The van der Waals surface area contributed by atoms with Crippen molar-refractivity contribution >= 4 is 16.9 Å². The zero-order chi connectivity index (χ0) is 8.15. The molecule has 0 saturated heterocycles. The van der Waals surface area contributed by atoms with Crippen LogP contribution in [0.3, 0.4) is 0 Å². The fraction of sp³-hybridized carbons (Fsp3) is 0.833. The van der Waals surface area contributed by atoms with Crippen molar-refractivity contribution in [3.05, 3.63) is 0 Å². The van der Waals surface area contributed by atoms with Crippen LogP contribution in [0, 0.1) is 0 Å². The average Bonchev–Trinajstić information content (AvgIpc) is 1.82. The molecule has 68 valence electrons. The normalized spacial score (nSPS) is 14.8. The number of halogens is 1. The van der Waals surface area contributed by atoms with Gasteiger partial charge in [0.05, 0.1) is 12.5 Å². The smallest absolute Gasteiger partial charge is 0.320 e. The molecule has 0 radical (unpaired) electrons. The molecule has 0 heterocycles. The highest BCUT2D eigenvalue weighted by atomic mass is 35.5. The van der Waals surface area contributed by atoms with Gasteiger partial charge in [-0.1, -0.05) is 0 Å². The number of carboxylic acids is 1. The lowest BCUT2D eigenvalue weighted by molar-refractivity contribution is -0.138. The van der Waals surface area contributed by atoms with Crippen molar-refractivity contribution in [1.82, 2.24) is 0 Å². The standard InChI is InChI=1S/C6H13NO2S.ClH/c1-10(2)4-3-5(7)6(8)9;/h5H,3-4,7H2,1-2H3;1H/t5-;/m0./s1/i1+1,3+1,4+1,5+1,6+1;/t5-,10?;. The molecule has 3 nitrogen and oxygen atoms in total. The lowest BCUT2D eigenvalue weighted by Crippen LogP contribution is -3.00. The topological polar surface area (TPSA) is 63.3 Å². The highest BCUT2D eigenvalue weighted by Crippen LogP contribution is 1.93. The summed E-state index contributed by atoms with van der Waals surface area (Å²) < 4.78 is 0. The van der Waals surface area contributed by atoms with Crippen molar-refractivity contribution in [2.24, 2.45) is 5.73 Å². The minimum Gasteiger partial charge on any atom is -1.00 e. The zero-order valence-electron chi connectivity index (χ0n) is 6.71. The molecule has 0 fully saturated rings. The summed E-state index contributed by atoms with van der Waals surface area (Å²) in [5.41, 5.74) is 5.27. The first-order chi connectivity index (χ1) is 4.54. The molecule has 0 aliphatic carbocycles. The Morgan fingerprint density at radius 3 is 2.36 bits per heavy atom. The van der Waals surface area contributed by atoms with E-state index in [2.05, 4.69) is 12.5 Å². The van der Waals surface area contributed by atoms with Gasteiger partial charge in [-0.15, -0.1) is 0 Å². The van der Waals surface area contributed by atoms with Crippen LogP contribution in [0.1, 0.15) is 6.42 Å². The van der Waals surface area contributed by atoms with E-state index in [0.717, 1.165) is 5.75 Å². The van der Waals surface area contributed by atoms with E-state index >= 15 is 0 Å². The molecule has 0 bridgehead atoms. The number of hydrogen-bond acceptors (Lipinski definition) is 2. The van der Waals surface area contributed by atoms with Crippen LogP contribution in [-0.4, -0.2) is 35.4 Å². The fourth-order valence-corrected chi connectivity index (χ4v) is 1.21. The summed E-state index contributed by atoms with van der Waals surface area (Å²) in [5, 5.41) is 8.37. The Kier molecular flexibility index (Phi) is 8.39. The highest BCUT2D eigenvalue weighted by Gasteiger charge is 2.14. The SMILES string of the molecule is C[S+]([13CH3])[13CH2][13CH2][13C@H](N)[13C](=O)O.[Cl-]. The molecule has 2 atom stereocenters. The first kappa shape index (κ1) is 13.6. The van der Waals surface area contributed by atoms with Gasteiger partial charge in [-0.05, 0) is 10.9 Å². The van der Waals surface area contributed by atoms with E-state index in [1.807, 2.05) is 0 Å². The van der Waals surface area contributed by atoms with Gasteiger partial charge in [0.15, 0.2) is 0 Å². The lowest BCUT2D eigenvalue weighted by atomic mass is 11.2. The van der Waals surface area contributed by atoms with Crippen molar-refractivity contribution in [2.75, 3.05) is 18.3 Å². The number of carbonyl (C=O) groups is 1. The van der Waals surface area contributed by atoms with Crippen LogP contribution in [0.5, 0.6) is 0 Å². The molecule has 0 aromatic heterocycles. The van der Waals surface area contributed by atoms with Gasteiger partial charge in [-0.2, -0.15) is 0 Å². The van der Waals surface area contributed by atoms with Crippen LogP contribution in [0.15, 0.2) is 0 Å². The van der Waals surface area contributed by atoms with E-state index in [1.54, 1.807) is 0 Å². The van der Waals surface area contributed by atoms with E-state index in [0.29, 0.717) is 17.3 Å². The van der Waals surface area contributed by atoms with Crippen molar-refractivity contribution in [1.29, 1.82) is 0 Å². The van der Waals surface area contributed by atoms with Gasteiger partial charge in [-0.3, -0.25) is 4.79 Å². The monoisotopic (exact) mass is 204 g/mol. The molecule has 3 N–H and O–H groups in total. The van der Waals surface area contributed by atoms with E-state index in [4.69, 9.17) is 10.8 Å². The zero-order valence-corrected chi connectivity index (χ0v) is 8.28. The second kappa shape index (κ2) is 6.76. The Balaban J connectivity index is 0. The predicted octanol–water partition coefficient (Wildman–Crippen LogP) is -3.33. The molecular weight excluding hydrogens is 191 g/mol. The molecular formula is C6H14ClNO2S. The van der Waals surface area contributed by atoms with Gasteiger partial charge < -0.3 is 23.2 Å². The van der Waals surface area contributed by atoms with Gasteiger partial charge in [-0.25, -0.2) is 0 Å². The molecule has 1 unspecified atom stereocenters. The highest BCUT2D eigenvalue weighted by molar-refractivity contribution is 7.95. The molecule has 0 saturated carbocycles. The number of aliphatic carboxylic acids is 1. The van der Waals surface area contributed by atoms with Crippen LogP contribution in [0.25, 0.3) is 0 Å². The Morgan fingerprint density at radius 1 is 1.64 bits per heavy atom. The van der Waals surface area contributed by atoms with Crippen molar-refractivity contribution in [3.8, 4) is 0 Å². The Labute approximate surface area is 76.1 Å². The van der Waals surface area contributed by atoms with E-state index in [9.17, 15) is 4.79 Å². The summed E-state index contributed by atoms with van der Waals surface area (Å²) >= 11 is 0. The fourth-order valence-electron chi connectivity index (χ4n) is 0.486. The molecule has 5 heteroatoms. The third kappa shape index (κ3) is 7.97. The number of rotatable bonds is 4. The average molecular weight is 205 g/mol. The van der Waals surface area contributed by atoms with Gasteiger partial charge in [0.1, 0.15) is 11.8 Å². The van der Waals surface area contributed by atoms with Gasteiger partial charge >= 0.3 is 5.97 Å². The molecule has 0 aromatic rings. The summed E-state index contributed by atoms with van der Waals surface area (Å²) in [6.07, 6.45) is 4.74. The Hall–Kier alpha value is 0.0700. The maximum atomic E-state index is 10.2. The van der Waals surface area contributed by atoms with Gasteiger partial charge in [0.25, 0.3) is 0 Å². The molecule has 0 spiro atoms.